The van der Waals surface area contributed by atoms with Crippen LogP contribution in [0.25, 0.3) is 17.0 Å². The van der Waals surface area contributed by atoms with Gasteiger partial charge >= 0.3 is 0 Å². The highest BCUT2D eigenvalue weighted by Crippen LogP contribution is 2.19. The SMILES string of the molecule is Cc1cccc2nc(-c3cncc(Br)c3)nn12. The number of rotatable bonds is 1. The lowest BCUT2D eigenvalue weighted by Crippen LogP contribution is -1.91. The van der Waals surface area contributed by atoms with Gasteiger partial charge in [-0.05, 0) is 41.1 Å². The second kappa shape index (κ2) is 3.92. The molecule has 0 bridgehead atoms. The maximum Gasteiger partial charge on any atom is 0.183 e. The van der Waals surface area contributed by atoms with Gasteiger partial charge in [0.25, 0.3) is 0 Å². The van der Waals surface area contributed by atoms with Gasteiger partial charge in [0, 0.05) is 28.1 Å². The molecule has 4 nitrogen and oxygen atoms in total. The fourth-order valence-corrected chi connectivity index (χ4v) is 2.06. The first kappa shape index (κ1) is 10.4. The molecule has 0 fully saturated rings. The largest absolute Gasteiger partial charge is 0.263 e. The molecule has 0 saturated heterocycles. The number of pyridine rings is 2. The molecule has 0 unspecified atom stereocenters. The summed E-state index contributed by atoms with van der Waals surface area (Å²) >= 11 is 3.39. The number of hydrogen-bond acceptors (Lipinski definition) is 3. The van der Waals surface area contributed by atoms with Gasteiger partial charge in [-0.15, -0.1) is 5.10 Å². The van der Waals surface area contributed by atoms with E-state index in [0.29, 0.717) is 5.82 Å². The third-order valence-corrected chi connectivity index (χ3v) is 2.95. The minimum atomic E-state index is 0.688. The van der Waals surface area contributed by atoms with Gasteiger partial charge in [-0.2, -0.15) is 0 Å². The lowest BCUT2D eigenvalue weighted by atomic mass is 10.3. The summed E-state index contributed by atoms with van der Waals surface area (Å²) in [4.78, 5) is 8.59. The van der Waals surface area contributed by atoms with Crippen LogP contribution in [0.4, 0.5) is 0 Å². The van der Waals surface area contributed by atoms with Gasteiger partial charge < -0.3 is 0 Å². The Morgan fingerprint density at radius 2 is 2.12 bits per heavy atom. The zero-order valence-electron chi connectivity index (χ0n) is 9.13. The van der Waals surface area contributed by atoms with E-state index >= 15 is 0 Å². The molecule has 0 aromatic carbocycles. The molecule has 0 aliphatic carbocycles. The summed E-state index contributed by atoms with van der Waals surface area (Å²) in [6, 6.07) is 7.87. The van der Waals surface area contributed by atoms with Crippen LogP contribution in [0.5, 0.6) is 0 Å². The highest BCUT2D eigenvalue weighted by molar-refractivity contribution is 9.10. The predicted molar refractivity (Wildman–Crippen MR) is 68.7 cm³/mol. The number of fused-ring (bicyclic) bond motifs is 1. The van der Waals surface area contributed by atoms with E-state index in [4.69, 9.17) is 0 Å². The van der Waals surface area contributed by atoms with Crippen molar-refractivity contribution in [2.45, 2.75) is 6.92 Å². The van der Waals surface area contributed by atoms with Crippen LogP contribution in [0.3, 0.4) is 0 Å². The molecule has 3 aromatic rings. The van der Waals surface area contributed by atoms with Crippen LogP contribution in [0.2, 0.25) is 0 Å². The molecular weight excluding hydrogens is 280 g/mol. The zero-order valence-corrected chi connectivity index (χ0v) is 10.7. The first-order chi connectivity index (χ1) is 8.24. The van der Waals surface area contributed by atoms with Gasteiger partial charge in [-0.25, -0.2) is 9.50 Å². The van der Waals surface area contributed by atoms with Crippen LogP contribution in [0, 0.1) is 6.92 Å². The van der Waals surface area contributed by atoms with Crippen molar-refractivity contribution in [2.75, 3.05) is 0 Å². The average molecular weight is 289 g/mol. The predicted octanol–water partition coefficient (Wildman–Crippen LogP) is 2.86. The molecule has 0 atom stereocenters. The fraction of sp³-hybridized carbons (Fsp3) is 0.0833. The summed E-state index contributed by atoms with van der Waals surface area (Å²) in [5.74, 6) is 0.688. The van der Waals surface area contributed by atoms with E-state index in [-0.39, 0.29) is 0 Å². The molecule has 0 saturated carbocycles. The number of hydrogen-bond donors (Lipinski definition) is 0. The third-order valence-electron chi connectivity index (χ3n) is 2.51. The Bertz CT molecular complexity index is 690. The molecule has 0 aliphatic heterocycles. The summed E-state index contributed by atoms with van der Waals surface area (Å²) in [5.41, 5.74) is 2.81. The van der Waals surface area contributed by atoms with E-state index in [1.165, 1.54) is 0 Å². The van der Waals surface area contributed by atoms with Crippen LogP contribution in [0.15, 0.2) is 41.1 Å². The maximum atomic E-state index is 4.48. The summed E-state index contributed by atoms with van der Waals surface area (Å²) in [6.07, 6.45) is 3.50. The van der Waals surface area contributed by atoms with Crippen LogP contribution < -0.4 is 0 Å². The molecule has 84 valence electrons. The van der Waals surface area contributed by atoms with Gasteiger partial charge in [0.15, 0.2) is 11.5 Å². The van der Waals surface area contributed by atoms with Crippen molar-refractivity contribution in [2.24, 2.45) is 0 Å². The van der Waals surface area contributed by atoms with E-state index in [2.05, 4.69) is 31.0 Å². The molecule has 0 aliphatic rings. The Kier molecular flexibility index (Phi) is 2.40. The molecule has 0 amide bonds. The van der Waals surface area contributed by atoms with Crippen molar-refractivity contribution in [3.8, 4) is 11.4 Å². The number of nitrogens with zero attached hydrogens (tertiary/aromatic N) is 4. The molecule has 0 spiro atoms. The minimum Gasteiger partial charge on any atom is -0.263 e. The Morgan fingerprint density at radius 3 is 2.88 bits per heavy atom. The molecule has 0 N–H and O–H groups in total. The van der Waals surface area contributed by atoms with Crippen LogP contribution in [-0.2, 0) is 0 Å². The first-order valence-corrected chi connectivity index (χ1v) is 5.97. The highest BCUT2D eigenvalue weighted by Gasteiger charge is 2.07. The second-order valence-corrected chi connectivity index (χ2v) is 4.68. The molecule has 3 rings (SSSR count). The van der Waals surface area contributed by atoms with Crippen molar-refractivity contribution in [1.29, 1.82) is 0 Å². The van der Waals surface area contributed by atoms with Crippen molar-refractivity contribution in [3.05, 3.63) is 46.8 Å². The van der Waals surface area contributed by atoms with Crippen LogP contribution in [0.1, 0.15) is 5.69 Å². The quantitative estimate of drug-likeness (QED) is 0.692. The topological polar surface area (TPSA) is 43.1 Å². The van der Waals surface area contributed by atoms with E-state index in [0.717, 1.165) is 21.4 Å². The Morgan fingerprint density at radius 1 is 1.24 bits per heavy atom. The molecule has 3 aromatic heterocycles. The highest BCUT2D eigenvalue weighted by atomic mass is 79.9. The second-order valence-electron chi connectivity index (χ2n) is 3.76. The van der Waals surface area contributed by atoms with E-state index in [1.54, 1.807) is 12.4 Å². The van der Waals surface area contributed by atoms with Crippen LogP contribution >= 0.6 is 15.9 Å². The third kappa shape index (κ3) is 1.82. The van der Waals surface area contributed by atoms with E-state index < -0.39 is 0 Å². The number of aromatic nitrogens is 4. The zero-order chi connectivity index (χ0) is 11.8. The minimum absolute atomic E-state index is 0.688. The molecular formula is C12H9BrN4. The first-order valence-electron chi connectivity index (χ1n) is 5.17. The fourth-order valence-electron chi connectivity index (χ4n) is 1.69. The summed E-state index contributed by atoms with van der Waals surface area (Å²) in [6.45, 7) is 2.00. The molecule has 5 heteroatoms. The van der Waals surface area contributed by atoms with Crippen LogP contribution in [-0.4, -0.2) is 19.6 Å². The maximum absolute atomic E-state index is 4.48. The number of halogens is 1. The number of aryl methyl sites for hydroxylation is 1. The normalized spacial score (nSPS) is 10.9. The molecule has 0 radical (unpaired) electrons. The van der Waals surface area contributed by atoms with Gasteiger partial charge in [-0.1, -0.05) is 6.07 Å². The monoisotopic (exact) mass is 288 g/mol. The van der Waals surface area contributed by atoms with Crippen molar-refractivity contribution in [3.63, 3.8) is 0 Å². The lowest BCUT2D eigenvalue weighted by Gasteiger charge is -1.95. The molecule has 3 heterocycles. The van der Waals surface area contributed by atoms with Crippen molar-refractivity contribution < 1.29 is 0 Å². The smallest absolute Gasteiger partial charge is 0.183 e. The summed E-state index contributed by atoms with van der Waals surface area (Å²) in [7, 11) is 0. The standard InChI is InChI=1S/C12H9BrN4/c1-8-3-2-4-11-15-12(16-17(8)11)9-5-10(13)7-14-6-9/h2-7H,1H3. The van der Waals surface area contributed by atoms with E-state index in [1.807, 2.05) is 35.7 Å². The molecule has 17 heavy (non-hydrogen) atoms. The summed E-state index contributed by atoms with van der Waals surface area (Å²) in [5, 5.41) is 4.47. The van der Waals surface area contributed by atoms with Crippen molar-refractivity contribution in [1.82, 2.24) is 19.6 Å². The summed E-state index contributed by atoms with van der Waals surface area (Å²) < 4.78 is 2.75. The van der Waals surface area contributed by atoms with Gasteiger partial charge in [0.1, 0.15) is 0 Å². The Labute approximate surface area is 106 Å². The van der Waals surface area contributed by atoms with Crippen molar-refractivity contribution >= 4 is 21.6 Å². The van der Waals surface area contributed by atoms with Gasteiger partial charge in [0.05, 0.1) is 0 Å². The Balaban J connectivity index is 2.22. The Hall–Kier alpha value is -1.75. The van der Waals surface area contributed by atoms with Gasteiger partial charge in [-0.3, -0.25) is 4.98 Å². The lowest BCUT2D eigenvalue weighted by molar-refractivity contribution is 0.918. The van der Waals surface area contributed by atoms with Gasteiger partial charge in [0.2, 0.25) is 0 Å². The van der Waals surface area contributed by atoms with E-state index in [9.17, 15) is 0 Å². The average Bonchev–Trinajstić information content (AvgIpc) is 2.74.